The maximum atomic E-state index is 9.10. The molecule has 5 heteroatoms. The van der Waals surface area contributed by atoms with E-state index in [0.29, 0.717) is 5.57 Å². The Kier molecular flexibility index (Phi) is 7.58. The first-order valence-electron chi connectivity index (χ1n) is 7.35. The van der Waals surface area contributed by atoms with E-state index in [1.54, 1.807) is 6.08 Å². The lowest BCUT2D eigenvalue weighted by atomic mass is 10.1. The van der Waals surface area contributed by atoms with E-state index >= 15 is 0 Å². The molecule has 0 aromatic heterocycles. The Morgan fingerprint density at radius 2 is 1.91 bits per heavy atom. The Bertz CT molecular complexity index is 526. The number of nitriles is 1. The van der Waals surface area contributed by atoms with Gasteiger partial charge in [-0.15, -0.1) is 0 Å². The van der Waals surface area contributed by atoms with Crippen molar-refractivity contribution in [2.75, 3.05) is 32.7 Å². The van der Waals surface area contributed by atoms with E-state index in [1.165, 1.54) is 6.20 Å². The summed E-state index contributed by atoms with van der Waals surface area (Å²) < 4.78 is 0. The van der Waals surface area contributed by atoms with Crippen LogP contribution in [0, 0.1) is 11.3 Å². The molecule has 0 radical (unpaired) electrons. The smallest absolute Gasteiger partial charge is 0.101 e. The predicted octanol–water partition coefficient (Wildman–Crippen LogP) is 1.46. The van der Waals surface area contributed by atoms with Crippen LogP contribution in [-0.4, -0.2) is 42.5 Å². The maximum absolute atomic E-state index is 9.10. The van der Waals surface area contributed by atoms with Crippen LogP contribution in [0.1, 0.15) is 6.92 Å². The molecule has 1 saturated heterocycles. The minimum absolute atomic E-state index is 0.499. The Morgan fingerprint density at radius 3 is 2.45 bits per heavy atom. The molecule has 1 heterocycles. The Labute approximate surface area is 133 Å². The van der Waals surface area contributed by atoms with Crippen molar-refractivity contribution in [3.63, 3.8) is 0 Å². The van der Waals surface area contributed by atoms with Gasteiger partial charge in [0.05, 0.1) is 11.3 Å². The Balaban J connectivity index is 2.63. The van der Waals surface area contributed by atoms with Gasteiger partial charge in [0.15, 0.2) is 0 Å². The highest BCUT2D eigenvalue weighted by Gasteiger charge is 2.19. The van der Waals surface area contributed by atoms with Crippen molar-refractivity contribution in [1.29, 1.82) is 5.26 Å². The number of hydrogen-bond acceptors (Lipinski definition) is 5. The summed E-state index contributed by atoms with van der Waals surface area (Å²) in [5.41, 5.74) is 13.4. The number of rotatable bonds is 6. The highest BCUT2D eigenvalue weighted by molar-refractivity contribution is 5.40. The largest absolute Gasteiger partial charge is 0.405 e. The van der Waals surface area contributed by atoms with Crippen LogP contribution in [-0.2, 0) is 0 Å². The fraction of sp³-hybridized carbons (Fsp3) is 0.353. The van der Waals surface area contributed by atoms with Crippen LogP contribution in [0.4, 0.5) is 0 Å². The number of piperazine rings is 1. The monoisotopic (exact) mass is 299 g/mol. The average molecular weight is 299 g/mol. The lowest BCUT2D eigenvalue weighted by Gasteiger charge is -2.37. The number of allylic oxidation sites excluding steroid dienone is 6. The van der Waals surface area contributed by atoms with Crippen molar-refractivity contribution >= 4 is 0 Å². The SMILES string of the molecule is C=C(C#N)/C(=C\C=C/C)N1CCN(C/C(N)=C/C=C\N)CC1. The minimum Gasteiger partial charge on any atom is -0.405 e. The molecular formula is C17H25N5. The van der Waals surface area contributed by atoms with Crippen molar-refractivity contribution in [3.8, 4) is 6.07 Å². The van der Waals surface area contributed by atoms with Gasteiger partial charge in [-0.1, -0.05) is 18.7 Å². The number of nitrogens with zero attached hydrogens (tertiary/aromatic N) is 3. The molecule has 22 heavy (non-hydrogen) atoms. The molecule has 4 N–H and O–H groups in total. The number of nitrogens with two attached hydrogens (primary N) is 2. The van der Waals surface area contributed by atoms with Gasteiger partial charge in [0.1, 0.15) is 6.07 Å². The standard InChI is InChI=1S/C17H25N5/c1-3-4-7-17(15(2)13-19)22-11-9-21(10-12-22)14-16(20)6-5-8-18/h3-8H,2,9-12,14,18,20H2,1H3/b4-3-,8-5-,16-6-,17-7+. The molecule has 0 saturated carbocycles. The van der Waals surface area contributed by atoms with Crippen LogP contribution >= 0.6 is 0 Å². The zero-order chi connectivity index (χ0) is 16.4. The fourth-order valence-corrected chi connectivity index (χ4v) is 2.28. The summed E-state index contributed by atoms with van der Waals surface area (Å²) in [5, 5.41) is 9.10. The molecule has 0 unspecified atom stereocenters. The molecule has 0 spiro atoms. The van der Waals surface area contributed by atoms with Crippen LogP contribution in [0.15, 0.2) is 60.1 Å². The van der Waals surface area contributed by atoms with E-state index in [4.69, 9.17) is 16.7 Å². The van der Waals surface area contributed by atoms with Gasteiger partial charge in [0.25, 0.3) is 0 Å². The first-order chi connectivity index (χ1) is 10.6. The van der Waals surface area contributed by atoms with Crippen LogP contribution < -0.4 is 11.5 Å². The van der Waals surface area contributed by atoms with Crippen molar-refractivity contribution in [2.24, 2.45) is 11.5 Å². The van der Waals surface area contributed by atoms with Crippen LogP contribution in [0.5, 0.6) is 0 Å². The molecule has 0 aliphatic carbocycles. The van der Waals surface area contributed by atoms with E-state index < -0.39 is 0 Å². The quantitative estimate of drug-likeness (QED) is 0.573. The molecule has 5 nitrogen and oxygen atoms in total. The highest BCUT2D eigenvalue weighted by Crippen LogP contribution is 2.16. The van der Waals surface area contributed by atoms with Crippen LogP contribution in [0.25, 0.3) is 0 Å². The fourth-order valence-electron chi connectivity index (χ4n) is 2.28. The first-order valence-corrected chi connectivity index (χ1v) is 7.35. The topological polar surface area (TPSA) is 82.3 Å². The molecule has 0 bridgehead atoms. The van der Waals surface area contributed by atoms with Gasteiger partial charge in [-0.3, -0.25) is 4.90 Å². The van der Waals surface area contributed by atoms with E-state index in [9.17, 15) is 0 Å². The Hall–Kier alpha value is -2.45. The lowest BCUT2D eigenvalue weighted by molar-refractivity contribution is 0.171. The molecule has 1 fully saturated rings. The third-order valence-corrected chi connectivity index (χ3v) is 3.43. The first kappa shape index (κ1) is 17.6. The van der Waals surface area contributed by atoms with Gasteiger partial charge < -0.3 is 16.4 Å². The van der Waals surface area contributed by atoms with Crippen molar-refractivity contribution in [3.05, 3.63) is 60.1 Å². The van der Waals surface area contributed by atoms with E-state index in [-0.39, 0.29) is 0 Å². The molecule has 1 aliphatic heterocycles. The summed E-state index contributed by atoms with van der Waals surface area (Å²) in [6.07, 6.45) is 10.8. The van der Waals surface area contributed by atoms with E-state index in [0.717, 1.165) is 44.1 Å². The molecule has 0 amide bonds. The molecular weight excluding hydrogens is 274 g/mol. The lowest BCUT2D eigenvalue weighted by Crippen LogP contribution is -2.46. The van der Waals surface area contributed by atoms with Crippen molar-refractivity contribution < 1.29 is 0 Å². The maximum Gasteiger partial charge on any atom is 0.101 e. The molecule has 1 rings (SSSR count). The summed E-state index contributed by atoms with van der Waals surface area (Å²) in [7, 11) is 0. The van der Waals surface area contributed by atoms with Gasteiger partial charge in [-0.25, -0.2) is 0 Å². The molecule has 118 valence electrons. The van der Waals surface area contributed by atoms with E-state index in [2.05, 4.69) is 22.4 Å². The average Bonchev–Trinajstić information content (AvgIpc) is 2.54. The van der Waals surface area contributed by atoms with Gasteiger partial charge in [-0.05, 0) is 31.4 Å². The molecule has 0 aromatic rings. The Morgan fingerprint density at radius 1 is 1.23 bits per heavy atom. The summed E-state index contributed by atoms with van der Waals surface area (Å²) in [4.78, 5) is 4.48. The molecule has 0 atom stereocenters. The summed E-state index contributed by atoms with van der Waals surface area (Å²) in [5.74, 6) is 0. The zero-order valence-corrected chi connectivity index (χ0v) is 13.2. The third kappa shape index (κ3) is 5.51. The van der Waals surface area contributed by atoms with Gasteiger partial charge in [-0.2, -0.15) is 5.26 Å². The second-order valence-electron chi connectivity index (χ2n) is 5.06. The van der Waals surface area contributed by atoms with Crippen LogP contribution in [0.2, 0.25) is 0 Å². The third-order valence-electron chi connectivity index (χ3n) is 3.43. The van der Waals surface area contributed by atoms with Gasteiger partial charge >= 0.3 is 0 Å². The van der Waals surface area contributed by atoms with Crippen molar-refractivity contribution in [2.45, 2.75) is 6.92 Å². The zero-order valence-electron chi connectivity index (χ0n) is 13.2. The summed E-state index contributed by atoms with van der Waals surface area (Å²) in [6.45, 7) is 10.0. The summed E-state index contributed by atoms with van der Waals surface area (Å²) >= 11 is 0. The molecule has 1 aliphatic rings. The predicted molar refractivity (Wildman–Crippen MR) is 91.3 cm³/mol. The van der Waals surface area contributed by atoms with Gasteiger partial charge in [0.2, 0.25) is 0 Å². The van der Waals surface area contributed by atoms with Gasteiger partial charge in [0, 0.05) is 38.4 Å². The normalized spacial score (nSPS) is 18.1. The minimum atomic E-state index is 0.499. The second kappa shape index (κ2) is 9.48. The van der Waals surface area contributed by atoms with E-state index in [1.807, 2.05) is 31.2 Å². The second-order valence-corrected chi connectivity index (χ2v) is 5.06. The molecule has 0 aromatic carbocycles. The van der Waals surface area contributed by atoms with Crippen molar-refractivity contribution in [1.82, 2.24) is 9.80 Å². The summed E-state index contributed by atoms with van der Waals surface area (Å²) in [6, 6.07) is 2.14. The highest BCUT2D eigenvalue weighted by atomic mass is 15.3. The number of hydrogen-bond donors (Lipinski definition) is 2. The van der Waals surface area contributed by atoms with Crippen LogP contribution in [0.3, 0.4) is 0 Å².